The summed E-state index contributed by atoms with van der Waals surface area (Å²) in [4.78, 5) is 30.2. The molecule has 2 aromatic rings. The van der Waals surface area contributed by atoms with E-state index in [1.54, 1.807) is 23.3 Å². The lowest BCUT2D eigenvalue weighted by molar-refractivity contribution is -0.132. The molecular formula is C18H19N3O3. The van der Waals surface area contributed by atoms with Crippen molar-refractivity contribution >= 4 is 17.5 Å². The molecule has 1 N–H and O–H groups in total. The van der Waals surface area contributed by atoms with E-state index < -0.39 is 6.04 Å². The van der Waals surface area contributed by atoms with Crippen molar-refractivity contribution in [3.05, 3.63) is 48.9 Å². The van der Waals surface area contributed by atoms with Crippen LogP contribution >= 0.6 is 0 Å². The summed E-state index contributed by atoms with van der Waals surface area (Å²) in [5.74, 6) is 0.105. The van der Waals surface area contributed by atoms with Gasteiger partial charge in [0.05, 0.1) is 5.69 Å². The first-order valence-corrected chi connectivity index (χ1v) is 7.85. The Balaban J connectivity index is 1.75. The highest BCUT2D eigenvalue weighted by molar-refractivity contribution is 5.99. The normalized spacial score (nSPS) is 16.9. The number of carbonyl (C=O) groups excluding carboxylic acids is 2. The van der Waals surface area contributed by atoms with Crippen molar-refractivity contribution in [3.63, 3.8) is 0 Å². The summed E-state index contributed by atoms with van der Waals surface area (Å²) in [5.41, 5.74) is 2.22. The van der Waals surface area contributed by atoms with E-state index in [1.807, 2.05) is 19.1 Å². The minimum Gasteiger partial charge on any atom is -0.444 e. The number of benzene rings is 1. The van der Waals surface area contributed by atoms with Crippen LogP contribution in [0.2, 0.25) is 0 Å². The van der Waals surface area contributed by atoms with E-state index in [2.05, 4.69) is 16.9 Å². The predicted molar refractivity (Wildman–Crippen MR) is 90.2 cm³/mol. The fourth-order valence-electron chi connectivity index (χ4n) is 2.86. The molecule has 0 bridgehead atoms. The van der Waals surface area contributed by atoms with Gasteiger partial charge in [0.2, 0.25) is 17.7 Å². The smallest absolute Gasteiger partial charge is 0.247 e. The molecule has 1 aliphatic heterocycles. The molecule has 3 rings (SSSR count). The summed E-state index contributed by atoms with van der Waals surface area (Å²) in [7, 11) is 0. The third kappa shape index (κ3) is 3.22. The number of amides is 2. The highest BCUT2D eigenvalue weighted by atomic mass is 16.3. The number of rotatable bonds is 4. The molecule has 0 radical (unpaired) electrons. The molecule has 24 heavy (non-hydrogen) atoms. The average molecular weight is 325 g/mol. The van der Waals surface area contributed by atoms with Crippen LogP contribution in [0.25, 0.3) is 11.5 Å². The van der Waals surface area contributed by atoms with Gasteiger partial charge in [-0.2, -0.15) is 0 Å². The molecule has 124 valence electrons. The minimum atomic E-state index is -0.455. The number of anilines is 1. The topological polar surface area (TPSA) is 75.4 Å². The number of nitrogens with one attached hydrogen (secondary N) is 1. The van der Waals surface area contributed by atoms with E-state index in [0.29, 0.717) is 24.5 Å². The van der Waals surface area contributed by atoms with Gasteiger partial charge < -0.3 is 14.6 Å². The van der Waals surface area contributed by atoms with Gasteiger partial charge in [0.1, 0.15) is 12.3 Å². The second-order valence-corrected chi connectivity index (χ2v) is 5.76. The summed E-state index contributed by atoms with van der Waals surface area (Å²) in [5, 5.41) is 2.87. The standard InChI is InChI=1S/C18H19N3O3/c1-3-16(22)21-9-5-8-15(21)17(23)20-14-7-4-6-13(10-14)18-19-12(2)11-24-18/h3-4,6-7,10-11,15H,1,5,8-9H2,2H3,(H,20,23). The summed E-state index contributed by atoms with van der Waals surface area (Å²) < 4.78 is 5.39. The summed E-state index contributed by atoms with van der Waals surface area (Å²) >= 11 is 0. The molecule has 6 nitrogen and oxygen atoms in total. The Labute approximate surface area is 140 Å². The molecule has 1 aromatic heterocycles. The van der Waals surface area contributed by atoms with Crippen LogP contribution in [0.15, 0.2) is 47.6 Å². The lowest BCUT2D eigenvalue weighted by Crippen LogP contribution is -2.42. The summed E-state index contributed by atoms with van der Waals surface area (Å²) in [6.45, 7) is 5.92. The monoisotopic (exact) mass is 325 g/mol. The van der Waals surface area contributed by atoms with Crippen molar-refractivity contribution in [2.75, 3.05) is 11.9 Å². The van der Waals surface area contributed by atoms with Gasteiger partial charge in [-0.1, -0.05) is 12.6 Å². The van der Waals surface area contributed by atoms with Gasteiger partial charge in [0, 0.05) is 17.8 Å². The van der Waals surface area contributed by atoms with Crippen molar-refractivity contribution in [2.24, 2.45) is 0 Å². The van der Waals surface area contributed by atoms with Crippen molar-refractivity contribution in [2.45, 2.75) is 25.8 Å². The van der Waals surface area contributed by atoms with Crippen molar-refractivity contribution in [1.82, 2.24) is 9.88 Å². The second-order valence-electron chi connectivity index (χ2n) is 5.76. The van der Waals surface area contributed by atoms with E-state index in [4.69, 9.17) is 4.42 Å². The Bertz CT molecular complexity index is 781. The molecule has 0 saturated carbocycles. The number of nitrogens with zero attached hydrogens (tertiary/aromatic N) is 2. The molecule has 2 heterocycles. The Morgan fingerprint density at radius 1 is 1.46 bits per heavy atom. The lowest BCUT2D eigenvalue weighted by atomic mass is 10.1. The first-order valence-electron chi connectivity index (χ1n) is 7.85. The highest BCUT2D eigenvalue weighted by Gasteiger charge is 2.32. The van der Waals surface area contributed by atoms with E-state index >= 15 is 0 Å². The van der Waals surface area contributed by atoms with Crippen molar-refractivity contribution in [3.8, 4) is 11.5 Å². The van der Waals surface area contributed by atoms with Gasteiger partial charge in [-0.15, -0.1) is 0 Å². The lowest BCUT2D eigenvalue weighted by Gasteiger charge is -2.22. The van der Waals surface area contributed by atoms with Gasteiger partial charge in [-0.25, -0.2) is 4.98 Å². The van der Waals surface area contributed by atoms with Crippen molar-refractivity contribution in [1.29, 1.82) is 0 Å². The molecule has 0 aliphatic carbocycles. The van der Waals surface area contributed by atoms with E-state index in [9.17, 15) is 9.59 Å². The molecule has 6 heteroatoms. The summed E-state index contributed by atoms with van der Waals surface area (Å²) in [6.07, 6.45) is 4.30. The Morgan fingerprint density at radius 2 is 2.29 bits per heavy atom. The Kier molecular flexibility index (Phi) is 4.46. The van der Waals surface area contributed by atoms with Crippen LogP contribution in [0.4, 0.5) is 5.69 Å². The number of hydrogen-bond acceptors (Lipinski definition) is 4. The second kappa shape index (κ2) is 6.70. The fraction of sp³-hybridized carbons (Fsp3) is 0.278. The number of likely N-dealkylation sites (tertiary alicyclic amines) is 1. The minimum absolute atomic E-state index is 0.191. The quantitative estimate of drug-likeness (QED) is 0.877. The molecule has 1 aromatic carbocycles. The molecular weight excluding hydrogens is 306 g/mol. The molecule has 1 atom stereocenters. The maximum absolute atomic E-state index is 12.5. The van der Waals surface area contributed by atoms with E-state index in [-0.39, 0.29) is 11.8 Å². The van der Waals surface area contributed by atoms with Crippen LogP contribution in [0, 0.1) is 6.92 Å². The van der Waals surface area contributed by atoms with Gasteiger partial charge in [0.25, 0.3) is 0 Å². The van der Waals surface area contributed by atoms with E-state index in [0.717, 1.165) is 17.7 Å². The molecule has 1 aliphatic rings. The number of oxazole rings is 1. The van der Waals surface area contributed by atoms with Gasteiger partial charge in [0.15, 0.2) is 0 Å². The van der Waals surface area contributed by atoms with Crippen LogP contribution in [-0.2, 0) is 9.59 Å². The first kappa shape index (κ1) is 16.0. The molecule has 2 amide bonds. The maximum Gasteiger partial charge on any atom is 0.247 e. The zero-order chi connectivity index (χ0) is 17.1. The maximum atomic E-state index is 12.5. The predicted octanol–water partition coefficient (Wildman–Crippen LogP) is 2.77. The van der Waals surface area contributed by atoms with Crippen LogP contribution in [0.5, 0.6) is 0 Å². The summed E-state index contributed by atoms with van der Waals surface area (Å²) in [6, 6.07) is 6.84. The number of carbonyl (C=O) groups is 2. The molecule has 1 fully saturated rings. The van der Waals surface area contributed by atoms with Gasteiger partial charge in [-0.05, 0) is 44.0 Å². The third-order valence-corrected chi connectivity index (χ3v) is 4.01. The Morgan fingerprint density at radius 3 is 3.00 bits per heavy atom. The van der Waals surface area contributed by atoms with Crippen LogP contribution in [0.1, 0.15) is 18.5 Å². The van der Waals surface area contributed by atoms with Crippen LogP contribution in [0.3, 0.4) is 0 Å². The van der Waals surface area contributed by atoms with E-state index in [1.165, 1.54) is 6.08 Å². The molecule has 0 spiro atoms. The van der Waals surface area contributed by atoms with Crippen LogP contribution < -0.4 is 5.32 Å². The first-order chi connectivity index (χ1) is 11.6. The van der Waals surface area contributed by atoms with Crippen LogP contribution in [-0.4, -0.2) is 34.3 Å². The number of hydrogen-bond donors (Lipinski definition) is 1. The zero-order valence-electron chi connectivity index (χ0n) is 13.5. The zero-order valence-corrected chi connectivity index (χ0v) is 13.5. The van der Waals surface area contributed by atoms with Gasteiger partial charge >= 0.3 is 0 Å². The average Bonchev–Trinajstić information content (AvgIpc) is 3.23. The molecule has 1 saturated heterocycles. The molecule has 1 unspecified atom stereocenters. The number of aryl methyl sites for hydroxylation is 1. The largest absolute Gasteiger partial charge is 0.444 e. The SMILES string of the molecule is C=CC(=O)N1CCCC1C(=O)Nc1cccc(-c2nc(C)co2)c1. The highest BCUT2D eigenvalue weighted by Crippen LogP contribution is 2.24. The number of aromatic nitrogens is 1. The Hall–Kier alpha value is -2.89. The third-order valence-electron chi connectivity index (χ3n) is 4.01. The fourth-order valence-corrected chi connectivity index (χ4v) is 2.86. The van der Waals surface area contributed by atoms with Gasteiger partial charge in [-0.3, -0.25) is 9.59 Å². The van der Waals surface area contributed by atoms with Crippen molar-refractivity contribution < 1.29 is 14.0 Å².